The van der Waals surface area contributed by atoms with Crippen molar-refractivity contribution in [1.29, 1.82) is 0 Å². The van der Waals surface area contributed by atoms with E-state index >= 15 is 0 Å². The molecule has 2 aromatic carbocycles. The van der Waals surface area contributed by atoms with Gasteiger partial charge >= 0.3 is 0 Å². The van der Waals surface area contributed by atoms with E-state index in [9.17, 15) is 9.59 Å². The Morgan fingerprint density at radius 1 is 0.871 bits per heavy atom. The fourth-order valence-electron chi connectivity index (χ4n) is 4.62. The van der Waals surface area contributed by atoms with Crippen LogP contribution in [-0.2, 0) is 9.59 Å². The van der Waals surface area contributed by atoms with Crippen LogP contribution in [-0.4, -0.2) is 29.5 Å². The molecule has 6 heteroatoms. The highest BCUT2D eigenvalue weighted by Crippen LogP contribution is 2.38. The van der Waals surface area contributed by atoms with Crippen molar-refractivity contribution >= 4 is 23.1 Å². The lowest BCUT2D eigenvalue weighted by atomic mass is 9.94. The summed E-state index contributed by atoms with van der Waals surface area (Å²) in [5.74, 6) is 0.844. The molecule has 2 amide bonds. The maximum Gasteiger partial charge on any atom is 0.278 e. The lowest BCUT2D eigenvalue weighted by molar-refractivity contribution is -0.140. The quantitative estimate of drug-likeness (QED) is 0.738. The molecule has 0 radical (unpaired) electrons. The van der Waals surface area contributed by atoms with Crippen LogP contribution in [0, 0.1) is 13.8 Å². The van der Waals surface area contributed by atoms with Gasteiger partial charge in [-0.2, -0.15) is 0 Å². The second kappa shape index (κ2) is 7.76. The van der Waals surface area contributed by atoms with Crippen molar-refractivity contribution in [1.82, 2.24) is 4.90 Å². The molecule has 1 saturated carbocycles. The number of amides is 2. The van der Waals surface area contributed by atoms with Gasteiger partial charge in [0, 0.05) is 17.8 Å². The van der Waals surface area contributed by atoms with Gasteiger partial charge in [0.1, 0.15) is 5.70 Å². The van der Waals surface area contributed by atoms with Gasteiger partial charge in [0.2, 0.25) is 6.79 Å². The molecule has 0 aromatic heterocycles. The van der Waals surface area contributed by atoms with Crippen LogP contribution >= 0.6 is 0 Å². The van der Waals surface area contributed by atoms with Crippen LogP contribution in [0.3, 0.4) is 0 Å². The molecule has 0 spiro atoms. The number of hydrogen-bond donors (Lipinski definition) is 1. The summed E-state index contributed by atoms with van der Waals surface area (Å²) in [6.07, 6.45) is 4.99. The van der Waals surface area contributed by atoms with Gasteiger partial charge in [-0.3, -0.25) is 14.5 Å². The molecule has 160 valence electrons. The Morgan fingerprint density at radius 2 is 1.65 bits per heavy atom. The maximum absolute atomic E-state index is 13.6. The normalized spacial score (nSPS) is 18.8. The van der Waals surface area contributed by atoms with Crippen LogP contribution in [0.15, 0.2) is 42.1 Å². The van der Waals surface area contributed by atoms with Crippen LogP contribution in [0.5, 0.6) is 11.5 Å². The van der Waals surface area contributed by atoms with E-state index in [2.05, 4.69) is 5.32 Å². The molecular formula is C25H26N2O4. The van der Waals surface area contributed by atoms with Gasteiger partial charge in [-0.25, -0.2) is 0 Å². The van der Waals surface area contributed by atoms with Gasteiger partial charge in [-0.15, -0.1) is 0 Å². The SMILES string of the molecule is Cc1ccc(C2=C(Nc3ccc4c(c3)OCO4)C(=O)N(C3CCCCC3)C2=O)cc1C. The Morgan fingerprint density at radius 3 is 2.42 bits per heavy atom. The van der Waals surface area contributed by atoms with E-state index in [1.54, 1.807) is 12.1 Å². The van der Waals surface area contributed by atoms with Crippen molar-refractivity contribution in [2.45, 2.75) is 52.0 Å². The minimum atomic E-state index is -0.247. The van der Waals surface area contributed by atoms with E-state index in [-0.39, 0.29) is 24.6 Å². The summed E-state index contributed by atoms with van der Waals surface area (Å²) < 4.78 is 10.8. The Balaban J connectivity index is 1.56. The number of aryl methyl sites for hydroxylation is 2. The topological polar surface area (TPSA) is 67.9 Å². The standard InChI is InChI=1S/C25H26N2O4/c1-15-8-9-17(12-16(15)2)22-23(26-18-10-11-20-21(13-18)31-14-30-20)25(29)27(24(22)28)19-6-4-3-5-7-19/h8-13,19,26H,3-7,14H2,1-2H3. The van der Waals surface area contributed by atoms with Crippen LogP contribution in [0.4, 0.5) is 5.69 Å². The predicted octanol–water partition coefficient (Wildman–Crippen LogP) is 4.56. The third-order valence-electron chi connectivity index (χ3n) is 6.49. The smallest absolute Gasteiger partial charge is 0.278 e. The lowest BCUT2D eigenvalue weighted by Crippen LogP contribution is -2.42. The molecule has 1 fully saturated rings. The number of imide groups is 1. The number of ether oxygens (including phenoxy) is 2. The van der Waals surface area contributed by atoms with Crippen molar-refractivity contribution < 1.29 is 19.1 Å². The van der Waals surface area contributed by atoms with Gasteiger partial charge in [0.05, 0.1) is 5.57 Å². The highest BCUT2D eigenvalue weighted by Gasteiger charge is 2.43. The minimum absolute atomic E-state index is 0.0358. The number of anilines is 1. The fourth-order valence-corrected chi connectivity index (χ4v) is 4.62. The zero-order valence-corrected chi connectivity index (χ0v) is 17.9. The monoisotopic (exact) mass is 418 g/mol. The average Bonchev–Trinajstić information content (AvgIpc) is 3.33. The second-order valence-corrected chi connectivity index (χ2v) is 8.51. The molecule has 2 aliphatic heterocycles. The largest absolute Gasteiger partial charge is 0.454 e. The molecular weight excluding hydrogens is 392 g/mol. The minimum Gasteiger partial charge on any atom is -0.454 e. The van der Waals surface area contributed by atoms with E-state index in [1.807, 2.05) is 38.1 Å². The maximum atomic E-state index is 13.6. The molecule has 0 atom stereocenters. The fraction of sp³-hybridized carbons (Fsp3) is 0.360. The number of rotatable bonds is 4. The molecule has 1 aliphatic carbocycles. The van der Waals surface area contributed by atoms with Crippen molar-refractivity contribution in [2.24, 2.45) is 0 Å². The molecule has 2 aromatic rings. The summed E-state index contributed by atoms with van der Waals surface area (Å²) in [5.41, 5.74) is 4.46. The predicted molar refractivity (Wildman–Crippen MR) is 118 cm³/mol. The number of nitrogens with one attached hydrogen (secondary N) is 1. The van der Waals surface area contributed by atoms with Crippen molar-refractivity contribution in [3.63, 3.8) is 0 Å². The number of hydrogen-bond acceptors (Lipinski definition) is 5. The molecule has 31 heavy (non-hydrogen) atoms. The van der Waals surface area contributed by atoms with E-state index in [0.29, 0.717) is 28.5 Å². The van der Waals surface area contributed by atoms with Gasteiger partial charge in [0.15, 0.2) is 11.5 Å². The van der Waals surface area contributed by atoms with Gasteiger partial charge in [0.25, 0.3) is 11.8 Å². The summed E-state index contributed by atoms with van der Waals surface area (Å²) >= 11 is 0. The molecule has 2 heterocycles. The molecule has 0 bridgehead atoms. The number of fused-ring (bicyclic) bond motifs is 1. The Bertz CT molecular complexity index is 1100. The van der Waals surface area contributed by atoms with Crippen molar-refractivity contribution in [3.8, 4) is 11.5 Å². The van der Waals surface area contributed by atoms with Crippen LogP contribution in [0.1, 0.15) is 48.8 Å². The molecule has 1 N–H and O–H groups in total. The zero-order valence-electron chi connectivity index (χ0n) is 17.9. The third kappa shape index (κ3) is 3.46. The van der Waals surface area contributed by atoms with Crippen LogP contribution in [0.2, 0.25) is 0 Å². The number of benzene rings is 2. The Hall–Kier alpha value is -3.28. The first kappa shape index (κ1) is 19.7. The summed E-state index contributed by atoms with van der Waals surface area (Å²) in [7, 11) is 0. The average molecular weight is 418 g/mol. The Labute approximate surface area is 181 Å². The molecule has 0 unspecified atom stereocenters. The number of nitrogens with zero attached hydrogens (tertiary/aromatic N) is 1. The first-order chi connectivity index (χ1) is 15.0. The molecule has 0 saturated heterocycles. The van der Waals surface area contributed by atoms with Crippen LogP contribution < -0.4 is 14.8 Å². The first-order valence-electron chi connectivity index (χ1n) is 10.9. The molecule has 3 aliphatic rings. The summed E-state index contributed by atoms with van der Waals surface area (Å²) in [6, 6.07) is 11.3. The first-order valence-corrected chi connectivity index (χ1v) is 10.9. The lowest BCUT2D eigenvalue weighted by Gasteiger charge is -2.30. The van der Waals surface area contributed by atoms with Crippen molar-refractivity contribution in [3.05, 3.63) is 58.8 Å². The highest BCUT2D eigenvalue weighted by molar-refractivity contribution is 6.36. The summed E-state index contributed by atoms with van der Waals surface area (Å²) in [4.78, 5) is 28.6. The van der Waals surface area contributed by atoms with E-state index in [0.717, 1.165) is 48.8 Å². The molecule has 5 rings (SSSR count). The van der Waals surface area contributed by atoms with E-state index in [4.69, 9.17) is 9.47 Å². The van der Waals surface area contributed by atoms with Gasteiger partial charge in [-0.05, 0) is 55.5 Å². The van der Waals surface area contributed by atoms with Crippen molar-refractivity contribution in [2.75, 3.05) is 12.1 Å². The third-order valence-corrected chi connectivity index (χ3v) is 6.49. The number of carbonyl (C=O) groups excluding carboxylic acids is 2. The second-order valence-electron chi connectivity index (χ2n) is 8.51. The summed E-state index contributed by atoms with van der Waals surface area (Å²) in [5, 5.41) is 3.23. The molecule has 6 nitrogen and oxygen atoms in total. The van der Waals surface area contributed by atoms with Gasteiger partial charge in [-0.1, -0.05) is 37.5 Å². The van der Waals surface area contributed by atoms with Gasteiger partial charge < -0.3 is 14.8 Å². The van der Waals surface area contributed by atoms with E-state index < -0.39 is 0 Å². The highest BCUT2D eigenvalue weighted by atomic mass is 16.7. The number of carbonyl (C=O) groups is 2. The van der Waals surface area contributed by atoms with E-state index in [1.165, 1.54) is 4.90 Å². The zero-order chi connectivity index (χ0) is 21.5. The summed E-state index contributed by atoms with van der Waals surface area (Å²) in [6.45, 7) is 4.24. The Kier molecular flexibility index (Phi) is 4.93. The van der Waals surface area contributed by atoms with Crippen LogP contribution in [0.25, 0.3) is 5.57 Å².